The number of alkyl halides is 3. The molecule has 33 heavy (non-hydrogen) atoms. The van der Waals surface area contributed by atoms with Crippen molar-refractivity contribution in [3.8, 4) is 11.3 Å². The summed E-state index contributed by atoms with van der Waals surface area (Å²) in [4.78, 5) is 19.2. The lowest BCUT2D eigenvalue weighted by Crippen LogP contribution is -2.35. The van der Waals surface area contributed by atoms with Crippen LogP contribution in [0.5, 0.6) is 0 Å². The standard InChI is InChI=1S/C16H19N3.C8H5ClF3NO/c1-2-7-18-15(6-1)11-13-4-3-5-14(10-13)16-12-17-8-9-19-16;9-6-4(7(13)14)2-1-3-5(6)8(10,11)12/h3-5,8-10,12,15,18H,1-2,6-7,11H2;1-3H,(H2,13,14). The summed E-state index contributed by atoms with van der Waals surface area (Å²) < 4.78 is 36.8. The highest BCUT2D eigenvalue weighted by atomic mass is 35.5. The number of halogens is 4. The molecule has 9 heteroatoms. The minimum Gasteiger partial charge on any atom is -0.366 e. The van der Waals surface area contributed by atoms with Crippen LogP contribution < -0.4 is 11.1 Å². The third kappa shape index (κ3) is 7.00. The van der Waals surface area contributed by atoms with Crippen LogP contribution >= 0.6 is 11.6 Å². The van der Waals surface area contributed by atoms with Crippen molar-refractivity contribution < 1.29 is 18.0 Å². The van der Waals surface area contributed by atoms with E-state index in [1.165, 1.54) is 24.8 Å². The molecule has 1 unspecified atom stereocenters. The van der Waals surface area contributed by atoms with Crippen molar-refractivity contribution in [1.29, 1.82) is 0 Å². The quantitative estimate of drug-likeness (QED) is 0.536. The highest BCUT2D eigenvalue weighted by Gasteiger charge is 2.34. The van der Waals surface area contributed by atoms with Crippen molar-refractivity contribution in [3.05, 3.63) is 82.8 Å². The van der Waals surface area contributed by atoms with Gasteiger partial charge in [0.25, 0.3) is 0 Å². The fourth-order valence-electron chi connectivity index (χ4n) is 3.63. The normalized spacial score (nSPS) is 15.9. The number of primary amides is 1. The van der Waals surface area contributed by atoms with Gasteiger partial charge in [-0.05, 0) is 49.6 Å². The topological polar surface area (TPSA) is 80.9 Å². The predicted octanol–water partition coefficient (Wildman–Crippen LogP) is 5.29. The minimum atomic E-state index is -4.58. The zero-order chi connectivity index (χ0) is 23.8. The maximum atomic E-state index is 12.3. The van der Waals surface area contributed by atoms with Crippen LogP contribution in [0, 0.1) is 0 Å². The Labute approximate surface area is 195 Å². The van der Waals surface area contributed by atoms with Gasteiger partial charge in [0.2, 0.25) is 5.91 Å². The first-order valence-corrected chi connectivity index (χ1v) is 10.9. The molecule has 3 aromatic rings. The van der Waals surface area contributed by atoms with Crippen molar-refractivity contribution in [1.82, 2.24) is 15.3 Å². The van der Waals surface area contributed by atoms with E-state index in [-0.39, 0.29) is 5.56 Å². The SMILES string of the molecule is NC(=O)c1cccc(C(F)(F)F)c1Cl.c1cc(CC2CCCCN2)cc(-c2cnccn2)c1. The Hall–Kier alpha value is -2.97. The van der Waals surface area contributed by atoms with Crippen LogP contribution in [0.3, 0.4) is 0 Å². The first-order valence-electron chi connectivity index (χ1n) is 10.5. The number of carbonyl (C=O) groups excluding carboxylic acids is 1. The molecule has 1 saturated heterocycles. The molecule has 1 aliphatic heterocycles. The average molecular weight is 477 g/mol. The molecule has 1 aliphatic rings. The Bertz CT molecular complexity index is 1070. The summed E-state index contributed by atoms with van der Waals surface area (Å²) in [5.41, 5.74) is 6.92. The fourth-order valence-corrected chi connectivity index (χ4v) is 3.96. The molecule has 1 amide bonds. The summed E-state index contributed by atoms with van der Waals surface area (Å²) in [7, 11) is 0. The van der Waals surface area contributed by atoms with Gasteiger partial charge in [-0.1, -0.05) is 42.3 Å². The summed E-state index contributed by atoms with van der Waals surface area (Å²) in [6.45, 7) is 1.16. The van der Waals surface area contributed by atoms with Crippen LogP contribution in [0.4, 0.5) is 13.2 Å². The molecule has 5 nitrogen and oxygen atoms in total. The summed E-state index contributed by atoms with van der Waals surface area (Å²) in [5, 5.41) is 2.94. The smallest absolute Gasteiger partial charge is 0.366 e. The Balaban J connectivity index is 0.000000196. The number of carbonyl (C=O) groups is 1. The van der Waals surface area contributed by atoms with Gasteiger partial charge in [-0.25, -0.2) is 0 Å². The number of nitrogens with one attached hydrogen (secondary N) is 1. The van der Waals surface area contributed by atoms with E-state index in [1.54, 1.807) is 12.4 Å². The molecule has 174 valence electrons. The molecule has 1 fully saturated rings. The molecule has 0 bridgehead atoms. The van der Waals surface area contributed by atoms with Gasteiger partial charge in [0.1, 0.15) is 0 Å². The van der Waals surface area contributed by atoms with Crippen molar-refractivity contribution in [2.45, 2.75) is 37.9 Å². The van der Waals surface area contributed by atoms with Gasteiger partial charge >= 0.3 is 6.18 Å². The third-order valence-corrected chi connectivity index (χ3v) is 5.66. The lowest BCUT2D eigenvalue weighted by Gasteiger charge is -2.23. The van der Waals surface area contributed by atoms with E-state index in [1.807, 2.05) is 6.20 Å². The number of piperidine rings is 1. The number of amides is 1. The Morgan fingerprint density at radius 3 is 2.58 bits per heavy atom. The second-order valence-corrected chi connectivity index (χ2v) is 8.05. The molecule has 0 aliphatic carbocycles. The van der Waals surface area contributed by atoms with Crippen LogP contribution in [-0.2, 0) is 12.6 Å². The Morgan fingerprint density at radius 2 is 1.94 bits per heavy atom. The molecule has 4 rings (SSSR count). The summed E-state index contributed by atoms with van der Waals surface area (Å²) >= 11 is 5.37. The largest absolute Gasteiger partial charge is 0.417 e. The van der Waals surface area contributed by atoms with Gasteiger partial charge in [0.15, 0.2) is 0 Å². The molecule has 0 spiro atoms. The highest BCUT2D eigenvalue weighted by Crippen LogP contribution is 2.35. The first-order chi connectivity index (χ1) is 15.8. The maximum absolute atomic E-state index is 12.3. The van der Waals surface area contributed by atoms with Gasteiger partial charge in [-0.2, -0.15) is 13.2 Å². The molecule has 0 saturated carbocycles. The summed E-state index contributed by atoms with van der Waals surface area (Å²) in [6.07, 6.45) is 5.74. The van der Waals surface area contributed by atoms with E-state index in [9.17, 15) is 18.0 Å². The first kappa shape index (κ1) is 24.7. The number of nitrogens with two attached hydrogens (primary N) is 1. The van der Waals surface area contributed by atoms with Gasteiger partial charge in [0, 0.05) is 24.0 Å². The van der Waals surface area contributed by atoms with E-state index < -0.39 is 22.7 Å². The number of hydrogen-bond acceptors (Lipinski definition) is 4. The third-order valence-electron chi connectivity index (χ3n) is 5.25. The van der Waals surface area contributed by atoms with Crippen molar-refractivity contribution >= 4 is 17.5 Å². The average Bonchev–Trinajstić information content (AvgIpc) is 2.80. The molecule has 1 aromatic heterocycles. The highest BCUT2D eigenvalue weighted by molar-refractivity contribution is 6.34. The Kier molecular flexibility index (Phi) is 8.41. The fraction of sp³-hybridized carbons (Fsp3) is 0.292. The van der Waals surface area contributed by atoms with E-state index in [2.05, 4.69) is 39.6 Å². The van der Waals surface area contributed by atoms with Crippen LogP contribution in [0.2, 0.25) is 5.02 Å². The lowest BCUT2D eigenvalue weighted by atomic mass is 9.96. The second-order valence-electron chi connectivity index (χ2n) is 7.67. The van der Waals surface area contributed by atoms with E-state index >= 15 is 0 Å². The number of nitrogens with zero attached hydrogens (tertiary/aromatic N) is 2. The maximum Gasteiger partial charge on any atom is 0.417 e. The predicted molar refractivity (Wildman–Crippen MR) is 122 cm³/mol. The summed E-state index contributed by atoms with van der Waals surface area (Å²) in [5.74, 6) is -0.985. The molecule has 1 atom stereocenters. The zero-order valence-corrected chi connectivity index (χ0v) is 18.5. The van der Waals surface area contributed by atoms with Gasteiger partial charge in [-0.3, -0.25) is 14.8 Å². The van der Waals surface area contributed by atoms with Crippen LogP contribution in [0.25, 0.3) is 11.3 Å². The molecular formula is C24H24ClF3N4O. The number of rotatable bonds is 4. The van der Waals surface area contributed by atoms with E-state index in [0.29, 0.717) is 6.04 Å². The van der Waals surface area contributed by atoms with Gasteiger partial charge < -0.3 is 11.1 Å². The van der Waals surface area contributed by atoms with E-state index in [0.717, 1.165) is 42.4 Å². The van der Waals surface area contributed by atoms with Crippen molar-refractivity contribution in [2.24, 2.45) is 5.73 Å². The number of hydrogen-bond donors (Lipinski definition) is 2. The molecule has 2 aromatic carbocycles. The molecular weight excluding hydrogens is 453 g/mol. The van der Waals surface area contributed by atoms with Crippen LogP contribution in [-0.4, -0.2) is 28.5 Å². The molecule has 0 radical (unpaired) electrons. The van der Waals surface area contributed by atoms with Crippen molar-refractivity contribution in [3.63, 3.8) is 0 Å². The molecule has 3 N–H and O–H groups in total. The van der Waals surface area contributed by atoms with Crippen molar-refractivity contribution in [2.75, 3.05) is 6.54 Å². The number of benzene rings is 2. The van der Waals surface area contributed by atoms with Gasteiger partial charge in [-0.15, -0.1) is 0 Å². The monoisotopic (exact) mass is 476 g/mol. The second kappa shape index (κ2) is 11.2. The lowest BCUT2D eigenvalue weighted by molar-refractivity contribution is -0.137. The van der Waals surface area contributed by atoms with Crippen LogP contribution in [0.15, 0.2) is 61.1 Å². The Morgan fingerprint density at radius 1 is 1.15 bits per heavy atom. The molecule has 2 heterocycles. The van der Waals surface area contributed by atoms with Crippen LogP contribution in [0.1, 0.15) is 40.7 Å². The van der Waals surface area contributed by atoms with Gasteiger partial charge in [0.05, 0.1) is 28.0 Å². The van der Waals surface area contributed by atoms with E-state index in [4.69, 9.17) is 17.3 Å². The number of aromatic nitrogens is 2. The zero-order valence-electron chi connectivity index (χ0n) is 17.8. The summed E-state index contributed by atoms with van der Waals surface area (Å²) in [6, 6.07) is 12.3. The minimum absolute atomic E-state index is 0.332.